The van der Waals surface area contributed by atoms with Crippen molar-refractivity contribution in [1.29, 1.82) is 0 Å². The van der Waals surface area contributed by atoms with Crippen molar-refractivity contribution >= 4 is 29.9 Å². The van der Waals surface area contributed by atoms with Gasteiger partial charge in [-0.1, -0.05) is 11.6 Å². The maximum Gasteiger partial charge on any atom is 0.313 e. The molecule has 6 heteroatoms. The second kappa shape index (κ2) is 3.85. The molecule has 0 heterocycles. The van der Waals surface area contributed by atoms with Crippen LogP contribution in [0.25, 0.3) is 0 Å². The normalized spacial score (nSPS) is 9.77. The van der Waals surface area contributed by atoms with Crippen molar-refractivity contribution in [3.63, 3.8) is 0 Å². The van der Waals surface area contributed by atoms with E-state index >= 15 is 0 Å². The number of thiol groups is 1. The highest BCUT2D eigenvalue weighted by Crippen LogP contribution is 2.35. The minimum atomic E-state index is -0.565. The summed E-state index contributed by atoms with van der Waals surface area (Å²) in [5, 5.41) is 10.8. The third-order valence-corrected chi connectivity index (χ3v) is 1.97. The third-order valence-electron chi connectivity index (χ3n) is 1.42. The van der Waals surface area contributed by atoms with Gasteiger partial charge >= 0.3 is 5.69 Å². The van der Waals surface area contributed by atoms with Crippen molar-refractivity contribution in [2.24, 2.45) is 0 Å². The Morgan fingerprint density at radius 2 is 2.23 bits per heavy atom. The number of halogens is 1. The summed E-state index contributed by atoms with van der Waals surface area (Å²) in [6, 6.07) is 2.70. The monoisotopic (exact) mass is 219 g/mol. The molecule has 0 amide bonds. The van der Waals surface area contributed by atoms with E-state index in [-0.39, 0.29) is 16.5 Å². The zero-order valence-electron chi connectivity index (χ0n) is 6.65. The zero-order chi connectivity index (χ0) is 10.0. The first-order chi connectivity index (χ1) is 6.06. The van der Waals surface area contributed by atoms with Crippen molar-refractivity contribution in [2.75, 3.05) is 7.11 Å². The lowest BCUT2D eigenvalue weighted by Crippen LogP contribution is -1.94. The Morgan fingerprint density at radius 3 is 2.69 bits per heavy atom. The van der Waals surface area contributed by atoms with E-state index in [1.54, 1.807) is 0 Å². The second-order valence-corrected chi connectivity index (χ2v) is 3.15. The Hall–Kier alpha value is -0.940. The van der Waals surface area contributed by atoms with Gasteiger partial charge in [-0.2, -0.15) is 0 Å². The van der Waals surface area contributed by atoms with Crippen LogP contribution in [0.3, 0.4) is 0 Å². The maximum atomic E-state index is 10.5. The van der Waals surface area contributed by atoms with Crippen LogP contribution in [0.15, 0.2) is 17.0 Å². The van der Waals surface area contributed by atoms with E-state index in [0.29, 0.717) is 4.90 Å². The highest BCUT2D eigenvalue weighted by Gasteiger charge is 2.18. The minimum absolute atomic E-state index is 0.123. The molecule has 0 aromatic heterocycles. The molecule has 0 atom stereocenters. The molecule has 0 saturated carbocycles. The highest BCUT2D eigenvalue weighted by molar-refractivity contribution is 7.80. The van der Waals surface area contributed by atoms with Crippen molar-refractivity contribution in [1.82, 2.24) is 0 Å². The van der Waals surface area contributed by atoms with E-state index in [4.69, 9.17) is 16.3 Å². The molecule has 0 radical (unpaired) electrons. The Morgan fingerprint density at radius 1 is 1.62 bits per heavy atom. The average Bonchev–Trinajstić information content (AvgIpc) is 2.02. The molecule has 0 bridgehead atoms. The van der Waals surface area contributed by atoms with Gasteiger partial charge in [0.1, 0.15) is 0 Å². The SMILES string of the molecule is COc1c(S)cc(Cl)cc1[N+](=O)[O-]. The quantitative estimate of drug-likeness (QED) is 0.473. The molecule has 1 aromatic rings. The molecular weight excluding hydrogens is 214 g/mol. The zero-order valence-corrected chi connectivity index (χ0v) is 8.30. The number of methoxy groups -OCH3 is 1. The Kier molecular flexibility index (Phi) is 3.00. The number of benzene rings is 1. The molecule has 70 valence electrons. The summed E-state index contributed by atoms with van der Waals surface area (Å²) < 4.78 is 4.82. The van der Waals surface area contributed by atoms with Crippen molar-refractivity contribution in [2.45, 2.75) is 4.90 Å². The van der Waals surface area contributed by atoms with E-state index < -0.39 is 4.92 Å². The fourth-order valence-corrected chi connectivity index (χ4v) is 1.54. The summed E-state index contributed by atoms with van der Waals surface area (Å²) >= 11 is 9.61. The molecule has 1 rings (SSSR count). The van der Waals surface area contributed by atoms with Gasteiger partial charge in [0, 0.05) is 11.1 Å². The molecular formula is C7H6ClNO3S. The largest absolute Gasteiger partial charge is 0.489 e. The predicted octanol–water partition coefficient (Wildman–Crippen LogP) is 2.55. The molecule has 0 spiro atoms. The molecule has 0 unspecified atom stereocenters. The molecule has 0 aliphatic carbocycles. The van der Waals surface area contributed by atoms with E-state index in [0.717, 1.165) is 0 Å². The van der Waals surface area contributed by atoms with Crippen LogP contribution < -0.4 is 4.74 Å². The topological polar surface area (TPSA) is 52.4 Å². The van der Waals surface area contributed by atoms with E-state index in [2.05, 4.69) is 12.6 Å². The summed E-state index contributed by atoms with van der Waals surface area (Å²) in [7, 11) is 1.34. The molecule has 0 aliphatic rings. The standard InChI is InChI=1S/C7H6ClNO3S/c1-12-7-5(9(10)11)2-4(8)3-6(7)13/h2-3,13H,1H3. The maximum absolute atomic E-state index is 10.5. The molecule has 0 N–H and O–H groups in total. The third kappa shape index (κ3) is 2.05. The van der Waals surface area contributed by atoms with Gasteiger partial charge < -0.3 is 4.74 Å². The van der Waals surface area contributed by atoms with Crippen LogP contribution in [-0.4, -0.2) is 12.0 Å². The van der Waals surface area contributed by atoms with Crippen LogP contribution >= 0.6 is 24.2 Å². The molecule has 0 aliphatic heterocycles. The fraction of sp³-hybridized carbons (Fsp3) is 0.143. The van der Waals surface area contributed by atoms with Crippen LogP contribution in [0, 0.1) is 10.1 Å². The summed E-state index contributed by atoms with van der Waals surface area (Å²) in [5.41, 5.74) is -0.181. The number of hydrogen-bond donors (Lipinski definition) is 1. The van der Waals surface area contributed by atoms with Gasteiger partial charge in [-0.3, -0.25) is 10.1 Å². The number of hydrogen-bond acceptors (Lipinski definition) is 4. The van der Waals surface area contributed by atoms with Gasteiger partial charge in [-0.15, -0.1) is 12.6 Å². The minimum Gasteiger partial charge on any atom is -0.489 e. The van der Waals surface area contributed by atoms with E-state index in [9.17, 15) is 10.1 Å². The van der Waals surface area contributed by atoms with Crippen molar-refractivity contribution < 1.29 is 9.66 Å². The fourth-order valence-electron chi connectivity index (χ4n) is 0.910. The first-order valence-electron chi connectivity index (χ1n) is 3.27. The van der Waals surface area contributed by atoms with Crippen LogP contribution in [0.4, 0.5) is 5.69 Å². The van der Waals surface area contributed by atoms with Gasteiger partial charge in [0.05, 0.1) is 16.9 Å². The smallest absolute Gasteiger partial charge is 0.313 e. The molecule has 0 saturated heterocycles. The Bertz CT molecular complexity index is 356. The van der Waals surface area contributed by atoms with Gasteiger partial charge in [0.15, 0.2) is 0 Å². The molecule has 1 aromatic carbocycles. The number of nitro benzene ring substituents is 1. The van der Waals surface area contributed by atoms with Crippen LogP contribution in [0.2, 0.25) is 5.02 Å². The second-order valence-electron chi connectivity index (χ2n) is 2.23. The Balaban J connectivity index is 3.38. The van der Waals surface area contributed by atoms with Crippen LogP contribution in [0.5, 0.6) is 5.75 Å². The summed E-state index contributed by atoms with van der Waals surface area (Å²) in [5.74, 6) is 0.123. The lowest BCUT2D eigenvalue weighted by molar-refractivity contribution is -0.386. The van der Waals surface area contributed by atoms with Gasteiger partial charge in [0.2, 0.25) is 5.75 Å². The van der Waals surface area contributed by atoms with E-state index in [1.807, 2.05) is 0 Å². The first kappa shape index (κ1) is 10.1. The predicted molar refractivity (Wildman–Crippen MR) is 51.9 cm³/mol. The highest BCUT2D eigenvalue weighted by atomic mass is 35.5. The van der Waals surface area contributed by atoms with Crippen molar-refractivity contribution in [3.8, 4) is 5.75 Å². The van der Waals surface area contributed by atoms with Gasteiger partial charge in [-0.25, -0.2) is 0 Å². The lowest BCUT2D eigenvalue weighted by atomic mass is 10.3. The molecule has 4 nitrogen and oxygen atoms in total. The number of nitrogens with zero attached hydrogens (tertiary/aromatic N) is 1. The average molecular weight is 220 g/mol. The van der Waals surface area contributed by atoms with Crippen LogP contribution in [0.1, 0.15) is 0 Å². The summed E-state index contributed by atoms with van der Waals surface area (Å²) in [4.78, 5) is 10.3. The first-order valence-corrected chi connectivity index (χ1v) is 4.09. The molecule has 0 fully saturated rings. The Labute approximate surface area is 85.0 Å². The van der Waals surface area contributed by atoms with Crippen LogP contribution in [-0.2, 0) is 0 Å². The number of nitro groups is 1. The van der Waals surface area contributed by atoms with E-state index in [1.165, 1.54) is 19.2 Å². The number of ether oxygens (including phenoxy) is 1. The van der Waals surface area contributed by atoms with Gasteiger partial charge in [0.25, 0.3) is 0 Å². The summed E-state index contributed by atoms with van der Waals surface area (Å²) in [6.07, 6.45) is 0. The lowest BCUT2D eigenvalue weighted by Gasteiger charge is -2.04. The molecule has 13 heavy (non-hydrogen) atoms. The van der Waals surface area contributed by atoms with Crippen molar-refractivity contribution in [3.05, 3.63) is 27.3 Å². The summed E-state index contributed by atoms with van der Waals surface area (Å²) in [6.45, 7) is 0. The number of rotatable bonds is 2. The van der Waals surface area contributed by atoms with Gasteiger partial charge in [-0.05, 0) is 6.07 Å².